The predicted molar refractivity (Wildman–Crippen MR) is 96.5 cm³/mol. The van der Waals surface area contributed by atoms with Gasteiger partial charge in [-0.1, -0.05) is 41.7 Å². The number of amides is 2. The summed E-state index contributed by atoms with van der Waals surface area (Å²) >= 11 is 1.34. The molecule has 0 saturated carbocycles. The Morgan fingerprint density at radius 2 is 2.12 bits per heavy atom. The molecule has 0 unspecified atom stereocenters. The fourth-order valence-electron chi connectivity index (χ4n) is 3.60. The van der Waals surface area contributed by atoms with E-state index in [9.17, 15) is 9.59 Å². The van der Waals surface area contributed by atoms with Crippen LogP contribution in [0.2, 0.25) is 0 Å². The van der Waals surface area contributed by atoms with Crippen LogP contribution >= 0.6 is 11.3 Å². The van der Waals surface area contributed by atoms with Crippen molar-refractivity contribution >= 4 is 28.3 Å². The Bertz CT molecular complexity index is 804. The van der Waals surface area contributed by atoms with Crippen molar-refractivity contribution in [3.63, 3.8) is 0 Å². The highest BCUT2D eigenvalue weighted by Gasteiger charge is 2.42. The van der Waals surface area contributed by atoms with Gasteiger partial charge in [-0.25, -0.2) is 0 Å². The lowest BCUT2D eigenvalue weighted by Gasteiger charge is -2.24. The summed E-state index contributed by atoms with van der Waals surface area (Å²) in [6.45, 7) is 0.737. The second-order valence-corrected chi connectivity index (χ2v) is 7.62. The van der Waals surface area contributed by atoms with Gasteiger partial charge >= 0.3 is 0 Å². The molecule has 136 valence electrons. The fourth-order valence-corrected chi connectivity index (χ4v) is 4.43. The highest BCUT2D eigenvalue weighted by Crippen LogP contribution is 2.38. The average Bonchev–Trinajstić information content (AvgIpc) is 3.37. The first-order chi connectivity index (χ1) is 12.6. The number of benzene rings is 1. The van der Waals surface area contributed by atoms with E-state index in [1.54, 1.807) is 11.9 Å². The van der Waals surface area contributed by atoms with Crippen molar-refractivity contribution in [2.24, 2.45) is 5.92 Å². The molecule has 2 fully saturated rings. The molecule has 2 aromatic rings. The van der Waals surface area contributed by atoms with Gasteiger partial charge in [-0.05, 0) is 18.4 Å². The fraction of sp³-hybridized carbons (Fsp3) is 0.444. The Morgan fingerprint density at radius 3 is 2.85 bits per heavy atom. The Balaban J connectivity index is 1.50. The van der Waals surface area contributed by atoms with Gasteiger partial charge < -0.3 is 15.0 Å². The van der Waals surface area contributed by atoms with Gasteiger partial charge in [-0.15, -0.1) is 10.2 Å². The Morgan fingerprint density at radius 1 is 1.31 bits per heavy atom. The monoisotopic (exact) mass is 372 g/mol. The molecule has 0 radical (unpaired) electrons. The van der Waals surface area contributed by atoms with E-state index >= 15 is 0 Å². The van der Waals surface area contributed by atoms with Gasteiger partial charge in [0.25, 0.3) is 0 Å². The van der Waals surface area contributed by atoms with Crippen molar-refractivity contribution in [1.29, 1.82) is 0 Å². The number of aromatic nitrogens is 2. The van der Waals surface area contributed by atoms with E-state index in [1.807, 2.05) is 30.3 Å². The summed E-state index contributed by atoms with van der Waals surface area (Å²) in [4.78, 5) is 26.7. The molecule has 2 amide bonds. The third kappa shape index (κ3) is 3.22. The number of ether oxygens (including phenoxy) is 1. The molecule has 4 rings (SSSR count). The van der Waals surface area contributed by atoms with E-state index in [-0.39, 0.29) is 30.4 Å². The Hall–Kier alpha value is -2.32. The molecule has 3 heterocycles. The maximum absolute atomic E-state index is 12.8. The number of nitrogens with one attached hydrogen (secondary N) is 1. The van der Waals surface area contributed by atoms with Crippen LogP contribution in [-0.2, 0) is 14.3 Å². The molecule has 2 aliphatic rings. The smallest absolute Gasteiger partial charge is 0.232 e. The molecule has 7 nitrogen and oxygen atoms in total. The second-order valence-electron chi connectivity index (χ2n) is 6.61. The second kappa shape index (κ2) is 7.13. The van der Waals surface area contributed by atoms with Crippen molar-refractivity contribution < 1.29 is 14.3 Å². The molecule has 0 aliphatic carbocycles. The quantitative estimate of drug-likeness (QED) is 0.892. The molecule has 1 N–H and O–H groups in total. The molecule has 0 spiro atoms. The zero-order valence-corrected chi connectivity index (χ0v) is 15.2. The minimum atomic E-state index is -0.454. The van der Waals surface area contributed by atoms with Crippen LogP contribution in [-0.4, -0.2) is 40.6 Å². The summed E-state index contributed by atoms with van der Waals surface area (Å²) in [6, 6.07) is 9.37. The number of carbonyl (C=O) groups excluding carboxylic acids is 2. The number of nitrogens with zero attached hydrogens (tertiary/aromatic N) is 3. The summed E-state index contributed by atoms with van der Waals surface area (Å²) in [5.41, 5.74) is 0.957. The highest BCUT2D eigenvalue weighted by molar-refractivity contribution is 7.15. The first-order valence-corrected chi connectivity index (χ1v) is 9.51. The molecule has 3 atom stereocenters. The zero-order chi connectivity index (χ0) is 18.1. The van der Waals surface area contributed by atoms with Crippen LogP contribution in [0.25, 0.3) is 0 Å². The molecule has 8 heteroatoms. The molecular weight excluding hydrogens is 352 g/mol. The number of hydrogen-bond acceptors (Lipinski definition) is 6. The summed E-state index contributed by atoms with van der Waals surface area (Å²) in [6.07, 6.45) is 2.12. The van der Waals surface area contributed by atoms with Crippen molar-refractivity contribution in [1.82, 2.24) is 15.1 Å². The van der Waals surface area contributed by atoms with Gasteiger partial charge in [0.1, 0.15) is 11.1 Å². The molecule has 2 saturated heterocycles. The van der Waals surface area contributed by atoms with E-state index in [1.165, 1.54) is 11.3 Å². The number of rotatable bonds is 4. The summed E-state index contributed by atoms with van der Waals surface area (Å²) in [5.74, 6) is -0.687. The predicted octanol–water partition coefficient (Wildman–Crippen LogP) is 2.55. The van der Waals surface area contributed by atoms with E-state index in [0.29, 0.717) is 5.13 Å². The maximum Gasteiger partial charge on any atom is 0.232 e. The van der Waals surface area contributed by atoms with Crippen molar-refractivity contribution in [2.75, 3.05) is 19.0 Å². The lowest BCUT2D eigenvalue weighted by atomic mass is 9.93. The maximum atomic E-state index is 12.8. The minimum Gasteiger partial charge on any atom is -0.371 e. The van der Waals surface area contributed by atoms with Gasteiger partial charge in [0.15, 0.2) is 0 Å². The first kappa shape index (κ1) is 17.1. The van der Waals surface area contributed by atoms with Crippen LogP contribution in [0.5, 0.6) is 0 Å². The lowest BCUT2D eigenvalue weighted by molar-refractivity contribution is -0.127. The number of likely N-dealkylation sites (tertiary alicyclic amines) is 1. The summed E-state index contributed by atoms with van der Waals surface area (Å²) < 4.78 is 5.60. The number of hydrogen-bond donors (Lipinski definition) is 1. The van der Waals surface area contributed by atoms with Crippen LogP contribution in [0, 0.1) is 5.92 Å². The van der Waals surface area contributed by atoms with Crippen molar-refractivity contribution in [3.8, 4) is 0 Å². The van der Waals surface area contributed by atoms with E-state index in [2.05, 4.69) is 15.5 Å². The third-order valence-electron chi connectivity index (χ3n) is 4.94. The highest BCUT2D eigenvalue weighted by atomic mass is 32.1. The zero-order valence-electron chi connectivity index (χ0n) is 14.4. The topological polar surface area (TPSA) is 84.4 Å². The van der Waals surface area contributed by atoms with Gasteiger partial charge in [-0.3, -0.25) is 9.59 Å². The molecule has 1 aromatic heterocycles. The first-order valence-electron chi connectivity index (χ1n) is 8.70. The molecular formula is C18H20N4O3S. The number of carbonyl (C=O) groups is 2. The van der Waals surface area contributed by atoms with Crippen molar-refractivity contribution in [2.45, 2.75) is 31.4 Å². The largest absolute Gasteiger partial charge is 0.371 e. The van der Waals surface area contributed by atoms with Crippen LogP contribution < -0.4 is 5.32 Å². The van der Waals surface area contributed by atoms with Crippen LogP contribution in [0.15, 0.2) is 30.3 Å². The molecule has 0 bridgehead atoms. The van der Waals surface area contributed by atoms with Gasteiger partial charge in [0.2, 0.25) is 16.9 Å². The van der Waals surface area contributed by atoms with Crippen LogP contribution in [0.4, 0.5) is 5.13 Å². The number of anilines is 1. The Kier molecular flexibility index (Phi) is 4.69. The minimum absolute atomic E-state index is 0.0191. The van der Waals surface area contributed by atoms with Crippen molar-refractivity contribution in [3.05, 3.63) is 40.9 Å². The van der Waals surface area contributed by atoms with E-state index in [0.717, 1.165) is 30.0 Å². The standard InChI is InChI=1S/C18H20N4O3S/c1-22-14(23)10-12(15(22)11-6-3-2-4-7-11)16(24)19-18-21-20-17(26-18)13-8-5-9-25-13/h2-4,6-7,12-13,15H,5,8-10H2,1H3,(H,19,21,24)/t12-,13+,15+/m0/s1. The lowest BCUT2D eigenvalue weighted by Crippen LogP contribution is -2.29. The van der Waals surface area contributed by atoms with Crippen LogP contribution in [0.3, 0.4) is 0 Å². The average molecular weight is 372 g/mol. The van der Waals surface area contributed by atoms with Gasteiger partial charge in [0.05, 0.1) is 12.0 Å². The third-order valence-corrected chi connectivity index (χ3v) is 5.87. The van der Waals surface area contributed by atoms with Crippen LogP contribution in [0.1, 0.15) is 42.0 Å². The Labute approximate surface area is 155 Å². The van der Waals surface area contributed by atoms with Gasteiger partial charge in [-0.2, -0.15) is 0 Å². The SMILES string of the molecule is CN1C(=O)C[C@H](C(=O)Nc2nnc([C@H]3CCCO3)s2)[C@H]1c1ccccc1. The molecule has 1 aromatic carbocycles. The van der Waals surface area contributed by atoms with Gasteiger partial charge in [0, 0.05) is 20.1 Å². The summed E-state index contributed by atoms with van der Waals surface area (Å²) in [5, 5.41) is 12.3. The molecule has 2 aliphatic heterocycles. The summed E-state index contributed by atoms with van der Waals surface area (Å²) in [7, 11) is 1.74. The van der Waals surface area contributed by atoms with E-state index < -0.39 is 5.92 Å². The normalized spacial score (nSPS) is 25.7. The molecule has 26 heavy (non-hydrogen) atoms. The van der Waals surface area contributed by atoms with E-state index in [4.69, 9.17) is 4.74 Å².